The molecule has 0 aliphatic carbocycles. The number of carbonyl (C=O) groups is 6. The molecule has 3 rings (SSSR count). The van der Waals surface area contributed by atoms with Gasteiger partial charge in [0.1, 0.15) is 54.3 Å². The van der Waals surface area contributed by atoms with Gasteiger partial charge in [-0.1, -0.05) is 53.2 Å². The Morgan fingerprint density at radius 3 is 2.16 bits per heavy atom. The second kappa shape index (κ2) is 24.5. The third kappa shape index (κ3) is 15.0. The van der Waals surface area contributed by atoms with Crippen LogP contribution in [0.25, 0.3) is 0 Å². The molecule has 2 saturated heterocycles. The Labute approximate surface area is 375 Å². The molecule has 0 spiro atoms. The van der Waals surface area contributed by atoms with E-state index in [2.05, 4.69) is 33.5 Å². The number of hydrogen-bond acceptors (Lipinski definition) is 11. The lowest BCUT2D eigenvalue weighted by Crippen LogP contribution is -2.66. The number of thioether (sulfide) groups is 1. The lowest BCUT2D eigenvalue weighted by atomic mass is 9.92. The van der Waals surface area contributed by atoms with E-state index in [1.807, 2.05) is 19.2 Å². The maximum atomic E-state index is 14.2. The molecule has 17 nitrogen and oxygen atoms in total. The maximum Gasteiger partial charge on any atom is 0.312 e. The van der Waals surface area contributed by atoms with Crippen LogP contribution in [0.4, 0.5) is 10.5 Å². The highest BCUT2D eigenvalue weighted by Gasteiger charge is 2.51. The number of Topliss-reactive ketones (excluding diaryl/α,β-unsaturated/α-hetero) is 1. The van der Waals surface area contributed by atoms with Gasteiger partial charge in [0.15, 0.2) is 6.04 Å². The minimum Gasteiger partial charge on any atom is -0.388 e. The molecular weight excluding hydrogens is 842 g/mol. The molecule has 10 N–H and O–H groups in total. The number of amides is 6. The van der Waals surface area contributed by atoms with Crippen molar-refractivity contribution in [2.75, 3.05) is 31.7 Å². The second-order valence-corrected chi connectivity index (χ2v) is 19.3. The molecule has 12 atom stereocenters. The first kappa shape index (κ1) is 52.8. The van der Waals surface area contributed by atoms with Crippen LogP contribution in [0.1, 0.15) is 92.1 Å². The number of hydrogen-bond donors (Lipinski definition) is 9. The zero-order valence-electron chi connectivity index (χ0n) is 37.4. The first-order valence-electron chi connectivity index (χ1n) is 21.7. The molecular formula is C43H71ClN7O10S+. The van der Waals surface area contributed by atoms with E-state index in [0.29, 0.717) is 29.6 Å². The number of nitrogens with two attached hydrogens (primary N) is 1. The number of rotatable bonds is 23. The number of ether oxygens (including phenoxy) is 1. The van der Waals surface area contributed by atoms with Gasteiger partial charge in [-0.3, -0.25) is 24.0 Å². The molecule has 6 amide bonds. The topological polar surface area (TPSA) is 259 Å². The lowest BCUT2D eigenvalue weighted by molar-refractivity contribution is -0.926. The van der Waals surface area contributed by atoms with Gasteiger partial charge in [0.05, 0.1) is 25.0 Å². The molecule has 2 heterocycles. The third-order valence-corrected chi connectivity index (χ3v) is 13.0. The fourth-order valence-corrected chi connectivity index (χ4v) is 9.21. The minimum absolute atomic E-state index is 0.0505. The highest BCUT2D eigenvalue weighted by Crippen LogP contribution is 2.36. The number of primary amides is 1. The van der Waals surface area contributed by atoms with E-state index >= 15 is 0 Å². The second-order valence-electron chi connectivity index (χ2n) is 17.7. The van der Waals surface area contributed by atoms with Gasteiger partial charge in [-0.05, 0) is 50.5 Å². The number of quaternary nitrogens is 1. The third-order valence-electron chi connectivity index (χ3n) is 11.9. The Morgan fingerprint density at radius 1 is 0.935 bits per heavy atom. The van der Waals surface area contributed by atoms with Crippen molar-refractivity contribution in [3.63, 3.8) is 0 Å². The van der Waals surface area contributed by atoms with Crippen LogP contribution in [0, 0.1) is 17.8 Å². The summed E-state index contributed by atoms with van der Waals surface area (Å²) >= 11 is 7.78. The Balaban J connectivity index is 1.76. The highest BCUT2D eigenvalue weighted by molar-refractivity contribution is 7.99. The number of aliphatic hydroxyl groups excluding tert-OH is 3. The molecule has 350 valence electrons. The summed E-state index contributed by atoms with van der Waals surface area (Å²) in [6, 6.07) is 3.13. The molecule has 2 aliphatic rings. The SMILES string of the molecule is CCC[C@@H]1C[C@@H](C(=O)N[C@@H]([C@H]2O[C@H](SC)[C@H](O)[C@@H](O)[C@H]2O)[C@H](C)Cl)[N+](C)(Cc2ccc(NC(=O)[C@H](CCCNC(N)=O)NC(=O)[C@@H](NC(=O)CCC(=O)C(C)C)C(C)C)cc2)C1. The molecule has 0 bridgehead atoms. The van der Waals surface area contributed by atoms with Gasteiger partial charge in [-0.25, -0.2) is 4.79 Å². The number of urea groups is 1. The van der Waals surface area contributed by atoms with Gasteiger partial charge >= 0.3 is 6.03 Å². The van der Waals surface area contributed by atoms with E-state index in [-0.39, 0.29) is 55.3 Å². The molecule has 1 aromatic carbocycles. The first-order chi connectivity index (χ1) is 29.1. The van der Waals surface area contributed by atoms with Crippen LogP contribution >= 0.6 is 23.4 Å². The smallest absolute Gasteiger partial charge is 0.312 e. The average molecular weight is 914 g/mol. The number of anilines is 1. The number of halogens is 1. The van der Waals surface area contributed by atoms with Gasteiger partial charge in [0.2, 0.25) is 17.7 Å². The number of ketones is 1. The van der Waals surface area contributed by atoms with Gasteiger partial charge in [-0.2, -0.15) is 0 Å². The zero-order chi connectivity index (χ0) is 46.5. The van der Waals surface area contributed by atoms with Crippen molar-refractivity contribution in [1.29, 1.82) is 0 Å². The van der Waals surface area contributed by atoms with E-state index in [9.17, 15) is 44.1 Å². The van der Waals surface area contributed by atoms with Crippen molar-refractivity contribution in [1.82, 2.24) is 21.3 Å². The summed E-state index contributed by atoms with van der Waals surface area (Å²) in [6.45, 7) is 12.2. The van der Waals surface area contributed by atoms with E-state index in [0.717, 1.165) is 24.9 Å². The first-order valence-corrected chi connectivity index (χ1v) is 23.4. The predicted octanol–water partition coefficient (Wildman–Crippen LogP) is 2.12. The monoisotopic (exact) mass is 912 g/mol. The van der Waals surface area contributed by atoms with Crippen molar-refractivity contribution in [2.24, 2.45) is 23.5 Å². The largest absolute Gasteiger partial charge is 0.388 e. The molecule has 2 fully saturated rings. The van der Waals surface area contributed by atoms with Gasteiger partial charge in [0.25, 0.3) is 5.91 Å². The van der Waals surface area contributed by atoms with Crippen LogP contribution in [0.2, 0.25) is 0 Å². The number of aliphatic hydroxyl groups is 3. The number of nitrogens with one attached hydrogen (secondary N) is 5. The van der Waals surface area contributed by atoms with Crippen LogP contribution in [0.15, 0.2) is 24.3 Å². The number of benzene rings is 1. The van der Waals surface area contributed by atoms with Crippen molar-refractivity contribution >= 4 is 64.5 Å². The van der Waals surface area contributed by atoms with Crippen molar-refractivity contribution in [2.45, 2.75) is 152 Å². The molecule has 0 radical (unpaired) electrons. The van der Waals surface area contributed by atoms with E-state index in [4.69, 9.17) is 22.1 Å². The van der Waals surface area contributed by atoms with Gasteiger partial charge in [0, 0.05) is 48.9 Å². The van der Waals surface area contributed by atoms with Crippen molar-refractivity contribution in [3.05, 3.63) is 29.8 Å². The maximum absolute atomic E-state index is 14.2. The number of carbonyl (C=O) groups excluding carboxylic acids is 6. The Bertz CT molecular complexity index is 1670. The summed E-state index contributed by atoms with van der Waals surface area (Å²) < 4.78 is 6.37. The molecule has 1 aromatic rings. The summed E-state index contributed by atoms with van der Waals surface area (Å²) in [7, 11) is 2.03. The summed E-state index contributed by atoms with van der Waals surface area (Å²) in [6.07, 6.45) is -0.693. The molecule has 0 saturated carbocycles. The quantitative estimate of drug-likeness (QED) is 0.0437. The van der Waals surface area contributed by atoms with Crippen LogP contribution in [0.5, 0.6) is 0 Å². The van der Waals surface area contributed by atoms with Crippen molar-refractivity contribution in [3.8, 4) is 0 Å². The lowest BCUT2D eigenvalue weighted by Gasteiger charge is -2.44. The van der Waals surface area contributed by atoms with E-state index in [1.54, 1.807) is 53.0 Å². The fourth-order valence-electron chi connectivity index (χ4n) is 8.32. The Kier molecular flexibility index (Phi) is 20.9. The number of alkyl halides is 1. The fraction of sp³-hybridized carbons (Fsp3) is 0.721. The van der Waals surface area contributed by atoms with E-state index < -0.39 is 83.1 Å². The number of likely N-dealkylation sites (tertiary alicyclic amines) is 1. The van der Waals surface area contributed by atoms with Crippen LogP contribution in [0.3, 0.4) is 0 Å². The molecule has 62 heavy (non-hydrogen) atoms. The van der Waals surface area contributed by atoms with E-state index in [1.165, 1.54) is 11.8 Å². The standard InChI is InChI=1S/C43H70ClN7O10S/c1-9-11-27-20-30(40(58)50-34(25(6)44)38-36(55)35(54)37(56)42(61-38)62-8)51(7,22-27)21-26-13-15-28(16-14-26)47-39(57)29(12-10-19-46-43(45)60)48-41(59)33(24(4)5)49-32(53)18-17-31(52)23(2)3/h13-16,23-25,27,29-30,33-38,42,54-56H,9-12,17-22H2,1-8H3,(H6-,45,46,47,48,49,50,53,57,58,59,60)/p+1/t25-,27+,29-,30-,33-,34+,35-,36+,37+,38+,42+,51?/m0/s1. The summed E-state index contributed by atoms with van der Waals surface area (Å²) in [5.74, 6) is -2.14. The minimum atomic E-state index is -1.49. The number of likely N-dealkylation sites (N-methyl/N-ethyl adjacent to an activating group) is 1. The molecule has 0 aromatic heterocycles. The van der Waals surface area contributed by atoms with Gasteiger partial charge < -0.3 is 56.9 Å². The highest BCUT2D eigenvalue weighted by atomic mass is 35.5. The Morgan fingerprint density at radius 2 is 1.60 bits per heavy atom. The average Bonchev–Trinajstić information content (AvgIpc) is 3.53. The normalized spacial score (nSPS) is 26.8. The summed E-state index contributed by atoms with van der Waals surface area (Å²) in [5.41, 5.74) is 5.75. The van der Waals surface area contributed by atoms with Gasteiger partial charge in [-0.15, -0.1) is 23.4 Å². The zero-order valence-corrected chi connectivity index (χ0v) is 39.0. The Hall–Kier alpha value is -3.52. The molecule has 19 heteroatoms. The summed E-state index contributed by atoms with van der Waals surface area (Å²) in [5, 5.41) is 45.1. The number of nitrogens with zero attached hydrogens (tertiary/aromatic N) is 1. The summed E-state index contributed by atoms with van der Waals surface area (Å²) in [4.78, 5) is 77.6. The molecule has 2 aliphatic heterocycles. The van der Waals surface area contributed by atoms with Crippen LogP contribution in [-0.2, 0) is 35.3 Å². The van der Waals surface area contributed by atoms with Crippen LogP contribution in [-0.4, -0.2) is 141 Å². The van der Waals surface area contributed by atoms with Crippen molar-refractivity contribution < 1.29 is 53.3 Å². The van der Waals surface area contributed by atoms with Crippen LogP contribution < -0.4 is 32.3 Å². The predicted molar refractivity (Wildman–Crippen MR) is 239 cm³/mol. The molecule has 1 unspecified atom stereocenters.